The lowest BCUT2D eigenvalue weighted by Crippen LogP contribution is -2.26. The number of carbonyl (C=O) groups is 1. The fourth-order valence-corrected chi connectivity index (χ4v) is 3.80. The van der Waals surface area contributed by atoms with Gasteiger partial charge in [-0.05, 0) is 43.3 Å². The number of fused-ring (bicyclic) bond motifs is 1. The van der Waals surface area contributed by atoms with E-state index in [1.165, 1.54) is 11.8 Å². The van der Waals surface area contributed by atoms with Crippen LogP contribution in [0.1, 0.15) is 6.92 Å². The number of carbonyl (C=O) groups excluding carboxylic acids is 1. The van der Waals surface area contributed by atoms with E-state index in [4.69, 9.17) is 0 Å². The molecule has 0 aliphatic heterocycles. The highest BCUT2D eigenvalue weighted by Crippen LogP contribution is 2.25. The number of nitrogens with one attached hydrogen (secondary N) is 1. The highest BCUT2D eigenvalue weighted by atomic mass is 32.2. The van der Waals surface area contributed by atoms with Crippen LogP contribution in [-0.2, 0) is 4.79 Å². The minimum atomic E-state index is -0.486. The van der Waals surface area contributed by atoms with Gasteiger partial charge in [-0.3, -0.25) is 14.2 Å². The second kappa shape index (κ2) is 8.28. The topological polar surface area (TPSA) is 76.9 Å². The molecule has 7 heteroatoms. The number of aromatic nitrogens is 3. The number of rotatable bonds is 5. The first-order valence-electron chi connectivity index (χ1n) is 9.09. The van der Waals surface area contributed by atoms with Crippen LogP contribution in [0.5, 0.6) is 0 Å². The predicted octanol–water partition coefficient (Wildman–Crippen LogP) is 3.90. The van der Waals surface area contributed by atoms with Crippen LogP contribution in [0.15, 0.2) is 88.9 Å². The van der Waals surface area contributed by atoms with Crippen LogP contribution in [0.3, 0.4) is 0 Å². The van der Waals surface area contributed by atoms with Gasteiger partial charge in [-0.1, -0.05) is 48.2 Å². The van der Waals surface area contributed by atoms with Crippen molar-refractivity contribution in [3.63, 3.8) is 0 Å². The van der Waals surface area contributed by atoms with Crippen LogP contribution in [0.4, 0.5) is 5.82 Å². The van der Waals surface area contributed by atoms with E-state index < -0.39 is 5.25 Å². The van der Waals surface area contributed by atoms with Crippen molar-refractivity contribution in [3.05, 3.63) is 89.3 Å². The number of hydrogen-bond acceptors (Lipinski definition) is 5. The van der Waals surface area contributed by atoms with Gasteiger partial charge in [0.15, 0.2) is 5.16 Å². The quantitative estimate of drug-likeness (QED) is 0.405. The number of pyridine rings is 1. The Labute approximate surface area is 171 Å². The standard InChI is InChI=1S/C22H18N4O2S/c1-15(20(27)25-19-13-7-8-14-23-19)29-22-24-18-12-6-5-11-17(18)21(28)26(22)16-9-3-2-4-10-16/h2-15H,1H3,(H,23,25,27). The molecule has 2 aromatic carbocycles. The maximum atomic E-state index is 13.2. The molecule has 144 valence electrons. The van der Waals surface area contributed by atoms with Crippen molar-refractivity contribution in [3.8, 4) is 5.69 Å². The van der Waals surface area contributed by atoms with Crippen molar-refractivity contribution < 1.29 is 4.79 Å². The Kier molecular flexibility index (Phi) is 5.39. The average molecular weight is 402 g/mol. The van der Waals surface area contributed by atoms with E-state index in [1.807, 2.05) is 42.5 Å². The largest absolute Gasteiger partial charge is 0.310 e. The molecular formula is C22H18N4O2S. The van der Waals surface area contributed by atoms with E-state index in [2.05, 4.69) is 15.3 Å². The Bertz CT molecular complexity index is 1210. The highest BCUT2D eigenvalue weighted by Gasteiger charge is 2.20. The number of nitrogens with zero attached hydrogens (tertiary/aromatic N) is 3. The molecule has 0 spiro atoms. The normalized spacial score (nSPS) is 11.9. The third-order valence-electron chi connectivity index (χ3n) is 4.33. The van der Waals surface area contributed by atoms with Gasteiger partial charge >= 0.3 is 0 Å². The number of para-hydroxylation sites is 2. The molecule has 0 fully saturated rings. The molecule has 1 amide bonds. The number of amides is 1. The molecule has 2 aromatic heterocycles. The molecule has 1 N–H and O–H groups in total. The van der Waals surface area contributed by atoms with E-state index in [9.17, 15) is 9.59 Å². The Morgan fingerprint density at radius 1 is 1.00 bits per heavy atom. The van der Waals surface area contributed by atoms with E-state index in [0.29, 0.717) is 27.6 Å². The second-order valence-electron chi connectivity index (χ2n) is 6.35. The molecule has 4 rings (SSSR count). The number of anilines is 1. The van der Waals surface area contributed by atoms with Crippen LogP contribution >= 0.6 is 11.8 Å². The summed E-state index contributed by atoms with van der Waals surface area (Å²) in [6.45, 7) is 1.78. The third kappa shape index (κ3) is 4.05. The molecule has 4 aromatic rings. The van der Waals surface area contributed by atoms with E-state index >= 15 is 0 Å². The summed E-state index contributed by atoms with van der Waals surface area (Å²) in [6, 6.07) is 21.8. The fourth-order valence-electron chi connectivity index (χ4n) is 2.87. The minimum Gasteiger partial charge on any atom is -0.310 e. The van der Waals surface area contributed by atoms with Crippen LogP contribution < -0.4 is 10.9 Å². The van der Waals surface area contributed by atoms with Gasteiger partial charge in [-0.2, -0.15) is 0 Å². The fraction of sp³-hybridized carbons (Fsp3) is 0.0909. The second-order valence-corrected chi connectivity index (χ2v) is 7.66. The van der Waals surface area contributed by atoms with Gasteiger partial charge in [0.25, 0.3) is 5.56 Å². The van der Waals surface area contributed by atoms with Crippen LogP contribution in [-0.4, -0.2) is 25.7 Å². The molecule has 0 bridgehead atoms. The summed E-state index contributed by atoms with van der Waals surface area (Å²) in [5.74, 6) is 0.271. The summed E-state index contributed by atoms with van der Waals surface area (Å²) in [4.78, 5) is 34.6. The zero-order chi connectivity index (χ0) is 20.2. The number of hydrogen-bond donors (Lipinski definition) is 1. The van der Waals surface area contributed by atoms with Crippen LogP contribution in [0, 0.1) is 0 Å². The summed E-state index contributed by atoms with van der Waals surface area (Å²) in [5, 5.41) is 3.30. The Balaban J connectivity index is 1.72. The average Bonchev–Trinajstić information content (AvgIpc) is 2.75. The van der Waals surface area contributed by atoms with Crippen molar-refractivity contribution in [2.24, 2.45) is 0 Å². The van der Waals surface area contributed by atoms with Crippen LogP contribution in [0.25, 0.3) is 16.6 Å². The van der Waals surface area contributed by atoms with Gasteiger partial charge in [0.1, 0.15) is 5.82 Å². The summed E-state index contributed by atoms with van der Waals surface area (Å²) in [5.41, 5.74) is 1.14. The van der Waals surface area contributed by atoms with E-state index in [-0.39, 0.29) is 11.5 Å². The maximum absolute atomic E-state index is 13.2. The highest BCUT2D eigenvalue weighted by molar-refractivity contribution is 8.00. The molecular weight excluding hydrogens is 384 g/mol. The van der Waals surface area contributed by atoms with Crippen molar-refractivity contribution in [2.45, 2.75) is 17.3 Å². The molecule has 0 aliphatic carbocycles. The molecule has 0 saturated carbocycles. The Morgan fingerprint density at radius 3 is 2.48 bits per heavy atom. The molecule has 1 atom stereocenters. The lowest BCUT2D eigenvalue weighted by Gasteiger charge is -2.16. The third-order valence-corrected chi connectivity index (χ3v) is 5.38. The molecule has 0 radical (unpaired) electrons. The molecule has 2 heterocycles. The lowest BCUT2D eigenvalue weighted by molar-refractivity contribution is -0.115. The molecule has 6 nitrogen and oxygen atoms in total. The number of thioether (sulfide) groups is 1. The maximum Gasteiger partial charge on any atom is 0.266 e. The summed E-state index contributed by atoms with van der Waals surface area (Å²) < 4.78 is 1.55. The molecule has 1 unspecified atom stereocenters. The van der Waals surface area contributed by atoms with E-state index in [1.54, 1.807) is 48.0 Å². The van der Waals surface area contributed by atoms with Gasteiger partial charge in [-0.15, -0.1) is 0 Å². The zero-order valence-electron chi connectivity index (χ0n) is 15.6. The SMILES string of the molecule is CC(Sc1nc2ccccc2c(=O)n1-c1ccccc1)C(=O)Nc1ccccn1. The van der Waals surface area contributed by atoms with Crippen LogP contribution in [0.2, 0.25) is 0 Å². The monoisotopic (exact) mass is 402 g/mol. The molecule has 0 saturated heterocycles. The Hall–Kier alpha value is -3.45. The first-order valence-corrected chi connectivity index (χ1v) is 9.97. The van der Waals surface area contributed by atoms with Gasteiger partial charge in [-0.25, -0.2) is 9.97 Å². The summed E-state index contributed by atoms with van der Waals surface area (Å²) in [6.07, 6.45) is 1.62. The first-order chi connectivity index (χ1) is 14.1. The van der Waals surface area contributed by atoms with Gasteiger partial charge in [0.2, 0.25) is 5.91 Å². The minimum absolute atomic E-state index is 0.165. The van der Waals surface area contributed by atoms with Gasteiger partial charge < -0.3 is 5.32 Å². The van der Waals surface area contributed by atoms with Crippen molar-refractivity contribution >= 4 is 34.4 Å². The first kappa shape index (κ1) is 18.9. The zero-order valence-corrected chi connectivity index (χ0v) is 16.5. The van der Waals surface area contributed by atoms with Crippen molar-refractivity contribution in [1.82, 2.24) is 14.5 Å². The molecule has 29 heavy (non-hydrogen) atoms. The lowest BCUT2D eigenvalue weighted by atomic mass is 10.2. The van der Waals surface area contributed by atoms with E-state index in [0.717, 1.165) is 0 Å². The van der Waals surface area contributed by atoms with Crippen molar-refractivity contribution in [2.75, 3.05) is 5.32 Å². The predicted molar refractivity (Wildman–Crippen MR) is 116 cm³/mol. The van der Waals surface area contributed by atoms with Crippen molar-refractivity contribution in [1.29, 1.82) is 0 Å². The molecule has 0 aliphatic rings. The summed E-state index contributed by atoms with van der Waals surface area (Å²) in [7, 11) is 0. The summed E-state index contributed by atoms with van der Waals surface area (Å²) >= 11 is 1.23. The van der Waals surface area contributed by atoms with Gasteiger partial charge in [0.05, 0.1) is 21.8 Å². The Morgan fingerprint density at radius 2 is 1.72 bits per heavy atom. The smallest absolute Gasteiger partial charge is 0.266 e. The van der Waals surface area contributed by atoms with Gasteiger partial charge in [0, 0.05) is 6.20 Å². The number of benzene rings is 2.